The molecule has 1 aromatic carbocycles. The van der Waals surface area contributed by atoms with Gasteiger partial charge in [0.2, 0.25) is 0 Å². The van der Waals surface area contributed by atoms with Crippen LogP contribution in [0.25, 0.3) is 0 Å². The van der Waals surface area contributed by atoms with E-state index in [4.69, 9.17) is 4.74 Å². The Hall–Kier alpha value is -3.42. The molecule has 8 heteroatoms. The molecule has 2 aromatic rings. The Morgan fingerprint density at radius 2 is 2.07 bits per heavy atom. The maximum absolute atomic E-state index is 13.1. The van der Waals surface area contributed by atoms with Crippen molar-refractivity contribution in [2.45, 2.75) is 38.3 Å². The minimum atomic E-state index is -1.11. The first-order valence-electron chi connectivity index (χ1n) is 9.20. The lowest BCUT2D eigenvalue weighted by atomic mass is 9.89. The standard InChI is InChI=1S/C21H23N3O5/c1-4-10-23(20(28)29-13-14-8-6-5-7-9-14)16-12-22-19-21(2,3)11-15(18(26)27)24(19)17(16)25/h4-9,12,15H,1,10-11,13H2,2-3H3,(H,26,27)/t15-/m0/s1. The summed E-state index contributed by atoms with van der Waals surface area (Å²) in [5.74, 6) is -0.727. The van der Waals surface area contributed by atoms with Gasteiger partial charge in [0.1, 0.15) is 24.2 Å². The van der Waals surface area contributed by atoms with E-state index in [1.54, 1.807) is 0 Å². The summed E-state index contributed by atoms with van der Waals surface area (Å²) in [4.78, 5) is 42.9. The Balaban J connectivity index is 1.95. The minimum Gasteiger partial charge on any atom is -0.480 e. The normalized spacial score (nSPS) is 16.7. The smallest absolute Gasteiger partial charge is 0.415 e. The van der Waals surface area contributed by atoms with Crippen LogP contribution >= 0.6 is 0 Å². The zero-order chi connectivity index (χ0) is 21.2. The summed E-state index contributed by atoms with van der Waals surface area (Å²) in [6, 6.07) is 8.11. The van der Waals surface area contributed by atoms with Gasteiger partial charge in [-0.3, -0.25) is 14.3 Å². The number of hydrogen-bond acceptors (Lipinski definition) is 5. The van der Waals surface area contributed by atoms with Crippen LogP contribution in [0.5, 0.6) is 0 Å². The second kappa shape index (κ2) is 7.90. The summed E-state index contributed by atoms with van der Waals surface area (Å²) >= 11 is 0. The molecule has 0 aliphatic carbocycles. The third kappa shape index (κ3) is 3.91. The summed E-state index contributed by atoms with van der Waals surface area (Å²) in [6.07, 6.45) is 2.26. The molecule has 0 fully saturated rings. The van der Waals surface area contributed by atoms with Gasteiger partial charge in [-0.15, -0.1) is 6.58 Å². The van der Waals surface area contributed by atoms with E-state index in [0.29, 0.717) is 5.82 Å². The monoisotopic (exact) mass is 397 g/mol. The van der Waals surface area contributed by atoms with E-state index in [1.807, 2.05) is 44.2 Å². The highest BCUT2D eigenvalue weighted by molar-refractivity contribution is 5.87. The molecule has 1 aliphatic rings. The number of nitrogens with zero attached hydrogens (tertiary/aromatic N) is 3. The van der Waals surface area contributed by atoms with Crippen LogP contribution in [0, 0.1) is 0 Å². The Bertz CT molecular complexity index is 997. The number of aliphatic carboxylic acids is 1. The lowest BCUT2D eigenvalue weighted by Crippen LogP contribution is -2.39. The first-order chi connectivity index (χ1) is 13.8. The van der Waals surface area contributed by atoms with E-state index >= 15 is 0 Å². The number of anilines is 1. The molecular formula is C21H23N3O5. The lowest BCUT2D eigenvalue weighted by Gasteiger charge is -2.22. The van der Waals surface area contributed by atoms with Crippen molar-refractivity contribution < 1.29 is 19.4 Å². The largest absolute Gasteiger partial charge is 0.480 e. The van der Waals surface area contributed by atoms with Crippen LogP contribution in [0.4, 0.5) is 10.5 Å². The number of hydrogen-bond donors (Lipinski definition) is 1. The predicted molar refractivity (Wildman–Crippen MR) is 107 cm³/mol. The van der Waals surface area contributed by atoms with E-state index in [-0.39, 0.29) is 25.3 Å². The molecule has 0 saturated carbocycles. The number of carboxylic acids is 1. The molecule has 2 heterocycles. The van der Waals surface area contributed by atoms with Crippen LogP contribution in [0.3, 0.4) is 0 Å². The Morgan fingerprint density at radius 1 is 1.38 bits per heavy atom. The van der Waals surface area contributed by atoms with Crippen LogP contribution < -0.4 is 10.5 Å². The van der Waals surface area contributed by atoms with Gasteiger partial charge in [0.25, 0.3) is 5.56 Å². The topological polar surface area (TPSA) is 102 Å². The lowest BCUT2D eigenvalue weighted by molar-refractivity contribution is -0.140. The highest BCUT2D eigenvalue weighted by Gasteiger charge is 2.43. The summed E-state index contributed by atoms with van der Waals surface area (Å²) in [5.41, 5.74) is -0.407. The van der Waals surface area contributed by atoms with Crippen LogP contribution in [-0.4, -0.2) is 33.3 Å². The fourth-order valence-corrected chi connectivity index (χ4v) is 3.50. The molecule has 29 heavy (non-hydrogen) atoms. The number of carbonyl (C=O) groups is 2. The van der Waals surface area contributed by atoms with Crippen molar-refractivity contribution in [2.24, 2.45) is 0 Å². The molecule has 1 atom stereocenters. The summed E-state index contributed by atoms with van der Waals surface area (Å²) in [6.45, 7) is 7.35. The molecule has 0 spiro atoms. The second-order valence-electron chi connectivity index (χ2n) is 7.52. The van der Waals surface area contributed by atoms with Crippen molar-refractivity contribution in [3.63, 3.8) is 0 Å². The van der Waals surface area contributed by atoms with Crippen LogP contribution in [0.2, 0.25) is 0 Å². The Kier molecular flexibility index (Phi) is 5.54. The fourth-order valence-electron chi connectivity index (χ4n) is 3.50. The van der Waals surface area contributed by atoms with Gasteiger partial charge in [0, 0.05) is 12.0 Å². The second-order valence-corrected chi connectivity index (χ2v) is 7.52. The summed E-state index contributed by atoms with van der Waals surface area (Å²) in [5, 5.41) is 9.56. The first kappa shape index (κ1) is 20.3. The number of aromatic nitrogens is 2. The maximum atomic E-state index is 13.1. The number of ether oxygens (including phenoxy) is 1. The Morgan fingerprint density at radius 3 is 2.69 bits per heavy atom. The van der Waals surface area contributed by atoms with Gasteiger partial charge in [-0.2, -0.15) is 0 Å². The zero-order valence-electron chi connectivity index (χ0n) is 16.4. The Labute approximate surface area is 168 Å². The summed E-state index contributed by atoms with van der Waals surface area (Å²) in [7, 11) is 0. The van der Waals surface area contributed by atoms with E-state index in [1.165, 1.54) is 12.3 Å². The first-order valence-corrected chi connectivity index (χ1v) is 9.20. The van der Waals surface area contributed by atoms with E-state index in [0.717, 1.165) is 15.0 Å². The van der Waals surface area contributed by atoms with E-state index in [9.17, 15) is 19.5 Å². The number of amides is 1. The van der Waals surface area contributed by atoms with Crippen molar-refractivity contribution in [1.29, 1.82) is 0 Å². The minimum absolute atomic E-state index is 0.0189. The number of fused-ring (bicyclic) bond motifs is 1. The van der Waals surface area contributed by atoms with Crippen molar-refractivity contribution >= 4 is 17.7 Å². The third-order valence-corrected chi connectivity index (χ3v) is 4.91. The number of carbonyl (C=O) groups excluding carboxylic acids is 1. The number of rotatable bonds is 6. The molecule has 0 unspecified atom stereocenters. The maximum Gasteiger partial charge on any atom is 0.415 e. The highest BCUT2D eigenvalue weighted by atomic mass is 16.6. The quantitative estimate of drug-likeness (QED) is 0.752. The van der Waals surface area contributed by atoms with Gasteiger partial charge >= 0.3 is 12.1 Å². The van der Waals surface area contributed by atoms with Gasteiger partial charge in [-0.05, 0) is 12.0 Å². The van der Waals surface area contributed by atoms with Gasteiger partial charge in [0.05, 0.1) is 6.20 Å². The predicted octanol–water partition coefficient (Wildman–Crippen LogP) is 2.88. The van der Waals surface area contributed by atoms with Gasteiger partial charge in [-0.1, -0.05) is 50.3 Å². The molecule has 0 bridgehead atoms. The summed E-state index contributed by atoms with van der Waals surface area (Å²) < 4.78 is 6.50. The van der Waals surface area contributed by atoms with Gasteiger partial charge < -0.3 is 9.84 Å². The van der Waals surface area contributed by atoms with E-state index < -0.39 is 29.1 Å². The molecular weight excluding hydrogens is 374 g/mol. The van der Waals surface area contributed by atoms with Crippen molar-refractivity contribution in [3.05, 3.63) is 70.9 Å². The van der Waals surface area contributed by atoms with E-state index in [2.05, 4.69) is 11.6 Å². The third-order valence-electron chi connectivity index (χ3n) is 4.91. The molecule has 1 aliphatic heterocycles. The number of benzene rings is 1. The van der Waals surface area contributed by atoms with Gasteiger partial charge in [0.15, 0.2) is 0 Å². The zero-order valence-corrected chi connectivity index (χ0v) is 16.4. The average molecular weight is 397 g/mol. The average Bonchev–Trinajstić information content (AvgIpc) is 2.98. The molecule has 1 aromatic heterocycles. The molecule has 8 nitrogen and oxygen atoms in total. The molecule has 1 N–H and O–H groups in total. The van der Waals surface area contributed by atoms with Crippen molar-refractivity contribution in [3.8, 4) is 0 Å². The van der Waals surface area contributed by atoms with Crippen molar-refractivity contribution in [1.82, 2.24) is 9.55 Å². The highest BCUT2D eigenvalue weighted by Crippen LogP contribution is 2.38. The molecule has 152 valence electrons. The van der Waals surface area contributed by atoms with Crippen LogP contribution in [0.1, 0.15) is 37.7 Å². The fraction of sp³-hybridized carbons (Fsp3) is 0.333. The van der Waals surface area contributed by atoms with Crippen molar-refractivity contribution in [2.75, 3.05) is 11.4 Å². The van der Waals surface area contributed by atoms with Gasteiger partial charge in [-0.25, -0.2) is 14.6 Å². The molecule has 3 rings (SSSR count). The molecule has 0 saturated heterocycles. The van der Waals surface area contributed by atoms with Crippen LogP contribution in [0.15, 0.2) is 54.0 Å². The number of carboxylic acid groups (broad SMARTS) is 1. The molecule has 0 radical (unpaired) electrons. The van der Waals surface area contributed by atoms with Crippen LogP contribution in [-0.2, 0) is 21.6 Å². The SMILES string of the molecule is C=CCN(C(=O)OCc1ccccc1)c1cnc2n(c1=O)[C@H](C(=O)O)CC2(C)C. The molecule has 1 amide bonds.